The maximum Gasteiger partial charge on any atom is 0.188 e. The van der Waals surface area contributed by atoms with Gasteiger partial charge in [-0.1, -0.05) is 12.1 Å². The van der Waals surface area contributed by atoms with Gasteiger partial charge in [0.15, 0.2) is 5.78 Å². The summed E-state index contributed by atoms with van der Waals surface area (Å²) in [5.41, 5.74) is 3.14. The van der Waals surface area contributed by atoms with E-state index in [1.165, 1.54) is 19.1 Å². The summed E-state index contributed by atoms with van der Waals surface area (Å²) in [6, 6.07) is 2.53. The summed E-state index contributed by atoms with van der Waals surface area (Å²) in [6.07, 6.45) is 0.901. The number of benzene rings is 1. The molecular weight excluding hydrogens is 331 g/mol. The molecule has 7 heteroatoms. The molecule has 2 unspecified atom stereocenters. The van der Waals surface area contributed by atoms with Crippen LogP contribution in [0.25, 0.3) is 0 Å². The first-order valence-electron chi connectivity index (χ1n) is 7.19. The number of hydrogen-bond donors (Lipinski definition) is 2. The van der Waals surface area contributed by atoms with Crippen molar-refractivity contribution in [2.75, 3.05) is 0 Å². The van der Waals surface area contributed by atoms with Crippen LogP contribution >= 0.6 is 12.4 Å². The number of Topliss-reactive ketones (excluding diaryl/α,β-unsaturated/α-hetero) is 1. The van der Waals surface area contributed by atoms with Crippen LogP contribution in [0.5, 0.6) is 0 Å². The van der Waals surface area contributed by atoms with Gasteiger partial charge in [-0.2, -0.15) is 0 Å². The van der Waals surface area contributed by atoms with Crippen LogP contribution < -0.4 is 5.73 Å². The third-order valence-corrected chi connectivity index (χ3v) is 4.38. The zero-order valence-electron chi connectivity index (χ0n) is 12.9. The summed E-state index contributed by atoms with van der Waals surface area (Å²) >= 11 is 0. The van der Waals surface area contributed by atoms with Gasteiger partial charge in [0.1, 0.15) is 31.2 Å². The van der Waals surface area contributed by atoms with Gasteiger partial charge in [0.2, 0.25) is 0 Å². The van der Waals surface area contributed by atoms with Crippen molar-refractivity contribution < 1.29 is 23.1 Å². The summed E-state index contributed by atoms with van der Waals surface area (Å²) in [4.78, 5) is 12.6. The van der Waals surface area contributed by atoms with E-state index in [9.17, 15) is 23.1 Å². The molecule has 0 spiro atoms. The Balaban J connectivity index is 0.00000264. The first-order chi connectivity index (χ1) is 10.3. The van der Waals surface area contributed by atoms with Gasteiger partial charge in [-0.05, 0) is 48.4 Å². The molecule has 0 bridgehead atoms. The van der Waals surface area contributed by atoms with E-state index in [2.05, 4.69) is 0 Å². The molecule has 1 aliphatic carbocycles. The number of aliphatic hydroxyl groups is 1. The van der Waals surface area contributed by atoms with Crippen molar-refractivity contribution in [3.8, 4) is 0 Å². The number of rotatable bonds is 4. The number of hydrogen-bond acceptors (Lipinski definition) is 3. The highest BCUT2D eigenvalue weighted by Gasteiger charge is 2.50. The largest absolute Gasteiger partial charge is 0.382 e. The van der Waals surface area contributed by atoms with E-state index in [0.717, 1.165) is 0 Å². The lowest BCUT2D eigenvalue weighted by Crippen LogP contribution is -2.58. The Hall–Kier alpha value is -1.11. The van der Waals surface area contributed by atoms with Gasteiger partial charge >= 0.3 is 0 Å². The third-order valence-electron chi connectivity index (χ3n) is 4.38. The van der Waals surface area contributed by atoms with Crippen molar-refractivity contribution >= 4 is 18.2 Å². The molecule has 0 heterocycles. The predicted octanol–water partition coefficient (Wildman–Crippen LogP) is 3.17. The fourth-order valence-electron chi connectivity index (χ4n) is 3.36. The molecule has 3 N–H and O–H groups in total. The van der Waals surface area contributed by atoms with Gasteiger partial charge < -0.3 is 10.8 Å². The fourth-order valence-corrected chi connectivity index (χ4v) is 3.36. The maximum absolute atomic E-state index is 13.4. The van der Waals surface area contributed by atoms with E-state index in [1.54, 1.807) is 0 Å². The average Bonchev–Trinajstić information content (AvgIpc) is 2.50. The molecule has 23 heavy (non-hydrogen) atoms. The van der Waals surface area contributed by atoms with E-state index >= 15 is 0 Å². The van der Waals surface area contributed by atoms with Gasteiger partial charge in [-0.3, -0.25) is 4.79 Å². The van der Waals surface area contributed by atoms with Gasteiger partial charge in [-0.15, -0.1) is 12.4 Å². The molecule has 1 aromatic carbocycles. The van der Waals surface area contributed by atoms with Gasteiger partial charge in [0, 0.05) is 0 Å². The molecule has 1 aliphatic rings. The fraction of sp³-hybridized carbons (Fsp3) is 0.562. The average molecular weight is 352 g/mol. The molecule has 0 saturated heterocycles. The molecule has 130 valence electrons. The molecule has 0 amide bonds. The maximum atomic E-state index is 13.4. The Morgan fingerprint density at radius 2 is 1.65 bits per heavy atom. The highest BCUT2D eigenvalue weighted by molar-refractivity contribution is 5.97. The zero-order valence-corrected chi connectivity index (χ0v) is 13.7. The Labute approximate surface area is 139 Å². The number of halogens is 4. The van der Waals surface area contributed by atoms with Crippen molar-refractivity contribution in [3.63, 3.8) is 0 Å². The molecule has 2 atom stereocenters. The van der Waals surface area contributed by atoms with Gasteiger partial charge in [0.05, 0.1) is 0 Å². The van der Waals surface area contributed by atoms with Crippen LogP contribution in [0.3, 0.4) is 0 Å². The Bertz CT molecular complexity index is 570. The van der Waals surface area contributed by atoms with Crippen LogP contribution in [0.2, 0.25) is 0 Å². The zero-order chi connectivity index (χ0) is 16.5. The SMILES string of the molecule is CC1(O)CCCC(N)(c2c(CF)cc(CF)cc2CF)C1=O.Cl. The lowest BCUT2D eigenvalue weighted by atomic mass is 9.67. The molecule has 0 aliphatic heterocycles. The highest BCUT2D eigenvalue weighted by Crippen LogP contribution is 2.41. The summed E-state index contributed by atoms with van der Waals surface area (Å²) in [7, 11) is 0. The topological polar surface area (TPSA) is 63.3 Å². The number of alkyl halides is 3. The smallest absolute Gasteiger partial charge is 0.188 e. The minimum atomic E-state index is -1.65. The molecule has 1 fully saturated rings. The second-order valence-corrected chi connectivity index (χ2v) is 6.12. The Morgan fingerprint density at radius 3 is 2.09 bits per heavy atom. The predicted molar refractivity (Wildman–Crippen MR) is 83.5 cm³/mol. The molecule has 1 saturated carbocycles. The number of carbonyl (C=O) groups excluding carboxylic acids is 1. The van der Waals surface area contributed by atoms with E-state index in [1.807, 2.05) is 0 Å². The van der Waals surface area contributed by atoms with Crippen LogP contribution in [0.15, 0.2) is 12.1 Å². The van der Waals surface area contributed by atoms with Crippen molar-refractivity contribution in [1.29, 1.82) is 0 Å². The van der Waals surface area contributed by atoms with Crippen molar-refractivity contribution in [3.05, 3.63) is 34.4 Å². The first kappa shape index (κ1) is 19.9. The molecule has 1 aromatic rings. The standard InChI is InChI=1S/C16H20F3NO2.ClH/c1-15(22)3-2-4-16(20,14(15)21)13-11(8-18)5-10(7-17)6-12(13)9-19;/h5-6,22H,2-4,7-9,20H2,1H3;1H. The van der Waals surface area contributed by atoms with Crippen LogP contribution in [-0.4, -0.2) is 16.5 Å². The van der Waals surface area contributed by atoms with Crippen LogP contribution in [-0.2, 0) is 30.4 Å². The van der Waals surface area contributed by atoms with Crippen molar-refractivity contribution in [2.45, 2.75) is 57.3 Å². The molecule has 3 nitrogen and oxygen atoms in total. The lowest BCUT2D eigenvalue weighted by Gasteiger charge is -2.41. The van der Waals surface area contributed by atoms with E-state index in [-0.39, 0.29) is 47.5 Å². The Morgan fingerprint density at radius 1 is 1.13 bits per heavy atom. The normalized spacial score (nSPS) is 27.7. The second kappa shape index (κ2) is 7.20. The number of ketones is 1. The van der Waals surface area contributed by atoms with Gasteiger partial charge in [0.25, 0.3) is 0 Å². The van der Waals surface area contributed by atoms with Crippen molar-refractivity contribution in [1.82, 2.24) is 0 Å². The summed E-state index contributed by atoms with van der Waals surface area (Å²) < 4.78 is 39.6. The van der Waals surface area contributed by atoms with E-state index < -0.39 is 36.9 Å². The summed E-state index contributed by atoms with van der Waals surface area (Å²) in [5.74, 6) is -0.649. The highest BCUT2D eigenvalue weighted by atomic mass is 35.5. The minimum absolute atomic E-state index is 0. The number of nitrogens with two attached hydrogens (primary N) is 1. The summed E-state index contributed by atoms with van der Waals surface area (Å²) in [5, 5.41) is 10.2. The second-order valence-electron chi connectivity index (χ2n) is 6.12. The summed E-state index contributed by atoms with van der Waals surface area (Å²) in [6.45, 7) is -1.46. The van der Waals surface area contributed by atoms with Crippen molar-refractivity contribution in [2.24, 2.45) is 5.73 Å². The Kier molecular flexibility index (Phi) is 6.24. The van der Waals surface area contributed by atoms with E-state index in [0.29, 0.717) is 6.42 Å². The monoisotopic (exact) mass is 351 g/mol. The third kappa shape index (κ3) is 3.39. The van der Waals surface area contributed by atoms with Crippen LogP contribution in [0.4, 0.5) is 13.2 Å². The van der Waals surface area contributed by atoms with E-state index in [4.69, 9.17) is 5.73 Å². The number of carbonyl (C=O) groups is 1. The lowest BCUT2D eigenvalue weighted by molar-refractivity contribution is -0.146. The molecule has 0 radical (unpaired) electrons. The quantitative estimate of drug-likeness (QED) is 0.875. The first-order valence-corrected chi connectivity index (χ1v) is 7.19. The molecule has 2 rings (SSSR count). The van der Waals surface area contributed by atoms with Crippen LogP contribution in [0.1, 0.15) is 48.4 Å². The minimum Gasteiger partial charge on any atom is -0.382 e. The van der Waals surface area contributed by atoms with Crippen LogP contribution in [0, 0.1) is 0 Å². The van der Waals surface area contributed by atoms with Gasteiger partial charge in [-0.25, -0.2) is 13.2 Å². The molecule has 0 aromatic heterocycles. The molecular formula is C16H21ClF3NO2.